The van der Waals surface area contributed by atoms with E-state index in [0.29, 0.717) is 5.69 Å². The van der Waals surface area contributed by atoms with Crippen LogP contribution in [0.25, 0.3) is 0 Å². The Bertz CT molecular complexity index is 1110. The van der Waals surface area contributed by atoms with E-state index in [0.717, 1.165) is 27.8 Å². The molecule has 1 aliphatic rings. The first-order chi connectivity index (χ1) is 15.3. The van der Waals surface area contributed by atoms with Crippen molar-refractivity contribution in [3.05, 3.63) is 76.7 Å². The zero-order valence-corrected chi connectivity index (χ0v) is 17.8. The maximum absolute atomic E-state index is 13.8. The van der Waals surface area contributed by atoms with Crippen molar-refractivity contribution >= 4 is 11.7 Å². The van der Waals surface area contributed by atoms with E-state index in [1.165, 1.54) is 6.20 Å². The fourth-order valence-corrected chi connectivity index (χ4v) is 3.89. The number of benzene rings is 1. The molecule has 0 bridgehead atoms. The van der Waals surface area contributed by atoms with Gasteiger partial charge >= 0.3 is 6.18 Å². The third kappa shape index (κ3) is 4.46. The molecule has 0 saturated heterocycles. The number of carbonyl (C=O) groups is 1. The second kappa shape index (κ2) is 8.64. The normalized spacial score (nSPS) is 18.0. The third-order valence-corrected chi connectivity index (χ3v) is 5.68. The van der Waals surface area contributed by atoms with Crippen molar-refractivity contribution in [3.8, 4) is 0 Å². The van der Waals surface area contributed by atoms with Crippen molar-refractivity contribution in [2.24, 2.45) is 0 Å². The quantitative estimate of drug-likeness (QED) is 0.598. The number of fused-ring (bicyclic) bond motifs is 1. The number of halogens is 3. The molecule has 3 aromatic rings. The summed E-state index contributed by atoms with van der Waals surface area (Å²) < 4.78 is 42.4. The standard InChI is InChI=1S/C23H24F3N5O/c1-3-15-4-6-16(7-5-15)19-11-20(23(24,25)26)31-21(30-19)18(13-29-31)22(32)28-12-17-10-14(2)8-9-27-17/h4-10,13,19-20,30H,3,11-12H2,1-2H3,(H,28,32)/t19-,20+/m1/s1. The molecule has 2 atom stereocenters. The van der Waals surface area contributed by atoms with Gasteiger partial charge in [-0.2, -0.15) is 18.3 Å². The number of carbonyl (C=O) groups excluding carboxylic acids is 1. The highest BCUT2D eigenvalue weighted by Gasteiger charge is 2.47. The number of aromatic nitrogens is 3. The van der Waals surface area contributed by atoms with Crippen LogP contribution in [0.3, 0.4) is 0 Å². The Morgan fingerprint density at radius 3 is 2.66 bits per heavy atom. The molecule has 2 aromatic heterocycles. The van der Waals surface area contributed by atoms with Crippen molar-refractivity contribution < 1.29 is 18.0 Å². The molecular formula is C23H24F3N5O. The first-order valence-corrected chi connectivity index (χ1v) is 10.5. The maximum Gasteiger partial charge on any atom is 0.410 e. The topological polar surface area (TPSA) is 71.8 Å². The van der Waals surface area contributed by atoms with Gasteiger partial charge in [-0.25, -0.2) is 4.68 Å². The minimum absolute atomic E-state index is 0.0674. The Balaban J connectivity index is 1.61. The lowest BCUT2D eigenvalue weighted by Crippen LogP contribution is -2.36. The van der Waals surface area contributed by atoms with Crippen molar-refractivity contribution in [3.63, 3.8) is 0 Å². The van der Waals surface area contributed by atoms with Gasteiger partial charge < -0.3 is 10.6 Å². The van der Waals surface area contributed by atoms with Crippen LogP contribution in [0.15, 0.2) is 48.8 Å². The SMILES string of the molecule is CCc1ccc([C@H]2C[C@@H](C(F)(F)F)n3ncc(C(=O)NCc4cc(C)ccn4)c3N2)cc1. The predicted octanol–water partition coefficient (Wildman–Crippen LogP) is 4.74. The summed E-state index contributed by atoms with van der Waals surface area (Å²) >= 11 is 0. The summed E-state index contributed by atoms with van der Waals surface area (Å²) in [5.41, 5.74) is 3.57. The lowest BCUT2D eigenvalue weighted by atomic mass is 9.95. The molecule has 6 nitrogen and oxygen atoms in total. The lowest BCUT2D eigenvalue weighted by Gasteiger charge is -2.34. The summed E-state index contributed by atoms with van der Waals surface area (Å²) in [6.07, 6.45) is -1.04. The Morgan fingerprint density at radius 1 is 1.25 bits per heavy atom. The lowest BCUT2D eigenvalue weighted by molar-refractivity contribution is -0.173. The van der Waals surface area contributed by atoms with Crippen LogP contribution in [-0.2, 0) is 13.0 Å². The highest BCUT2D eigenvalue weighted by Crippen LogP contribution is 2.44. The first-order valence-electron chi connectivity index (χ1n) is 10.5. The molecule has 0 spiro atoms. The molecule has 4 rings (SSSR count). The van der Waals surface area contributed by atoms with Crippen LogP contribution in [0.1, 0.15) is 58.2 Å². The fourth-order valence-electron chi connectivity index (χ4n) is 3.89. The summed E-state index contributed by atoms with van der Waals surface area (Å²) in [5, 5.41) is 9.75. The molecule has 0 radical (unpaired) electrons. The van der Waals surface area contributed by atoms with E-state index in [1.54, 1.807) is 6.20 Å². The average molecular weight is 443 g/mol. The Morgan fingerprint density at radius 2 is 2.00 bits per heavy atom. The number of nitrogens with zero attached hydrogens (tertiary/aromatic N) is 3. The zero-order valence-electron chi connectivity index (χ0n) is 17.8. The van der Waals surface area contributed by atoms with Gasteiger partial charge in [0.15, 0.2) is 6.04 Å². The third-order valence-electron chi connectivity index (χ3n) is 5.68. The van der Waals surface area contributed by atoms with E-state index < -0.39 is 24.2 Å². The van der Waals surface area contributed by atoms with Crippen molar-refractivity contribution in [2.45, 2.75) is 51.5 Å². The maximum atomic E-state index is 13.8. The number of rotatable bonds is 5. The minimum atomic E-state index is -4.50. The summed E-state index contributed by atoms with van der Waals surface area (Å²) in [5.74, 6) is -0.442. The molecule has 1 aromatic carbocycles. The number of alkyl halides is 3. The van der Waals surface area contributed by atoms with Gasteiger partial charge in [-0.05, 0) is 42.2 Å². The summed E-state index contributed by atoms with van der Waals surface area (Å²) in [4.78, 5) is 17.0. The number of amides is 1. The molecule has 1 amide bonds. The molecule has 0 saturated carbocycles. The molecule has 0 aliphatic carbocycles. The highest BCUT2D eigenvalue weighted by molar-refractivity contribution is 5.98. The van der Waals surface area contributed by atoms with Crippen LogP contribution in [0.2, 0.25) is 0 Å². The Labute approximate surface area is 183 Å². The Hall–Kier alpha value is -3.36. The summed E-state index contributed by atoms with van der Waals surface area (Å²) in [7, 11) is 0. The van der Waals surface area contributed by atoms with Crippen LogP contribution in [0, 0.1) is 6.92 Å². The summed E-state index contributed by atoms with van der Waals surface area (Å²) in [6.45, 7) is 4.09. The molecule has 1 aliphatic heterocycles. The number of hydrogen-bond acceptors (Lipinski definition) is 4. The number of nitrogens with one attached hydrogen (secondary N) is 2. The van der Waals surface area contributed by atoms with Crippen LogP contribution >= 0.6 is 0 Å². The van der Waals surface area contributed by atoms with E-state index in [4.69, 9.17) is 0 Å². The second-order valence-electron chi connectivity index (χ2n) is 7.94. The molecule has 0 unspecified atom stereocenters. The van der Waals surface area contributed by atoms with Gasteiger partial charge in [0.25, 0.3) is 5.91 Å². The van der Waals surface area contributed by atoms with Crippen LogP contribution in [0.4, 0.5) is 19.0 Å². The molecule has 32 heavy (non-hydrogen) atoms. The number of pyridine rings is 1. The van der Waals surface area contributed by atoms with E-state index >= 15 is 0 Å². The molecule has 2 N–H and O–H groups in total. The van der Waals surface area contributed by atoms with Crippen LogP contribution < -0.4 is 10.6 Å². The highest BCUT2D eigenvalue weighted by atomic mass is 19.4. The van der Waals surface area contributed by atoms with Gasteiger partial charge in [-0.3, -0.25) is 9.78 Å². The van der Waals surface area contributed by atoms with Crippen LogP contribution in [0.5, 0.6) is 0 Å². The average Bonchev–Trinajstić information content (AvgIpc) is 3.20. The molecular weight excluding hydrogens is 419 g/mol. The van der Waals surface area contributed by atoms with Gasteiger partial charge in [0, 0.05) is 12.6 Å². The molecule has 9 heteroatoms. The van der Waals surface area contributed by atoms with Gasteiger partial charge in [-0.15, -0.1) is 0 Å². The summed E-state index contributed by atoms with van der Waals surface area (Å²) in [6, 6.07) is 8.74. The van der Waals surface area contributed by atoms with E-state index in [1.807, 2.05) is 50.2 Å². The fraction of sp³-hybridized carbons (Fsp3) is 0.348. The molecule has 168 valence electrons. The van der Waals surface area contributed by atoms with Gasteiger partial charge in [-0.1, -0.05) is 31.2 Å². The monoisotopic (exact) mass is 443 g/mol. The van der Waals surface area contributed by atoms with Gasteiger partial charge in [0.1, 0.15) is 11.4 Å². The zero-order chi connectivity index (χ0) is 22.9. The molecule has 0 fully saturated rings. The first kappa shape index (κ1) is 21.9. The van der Waals surface area contributed by atoms with Crippen molar-refractivity contribution in [1.29, 1.82) is 0 Å². The largest absolute Gasteiger partial charge is 0.410 e. The van der Waals surface area contributed by atoms with E-state index in [9.17, 15) is 18.0 Å². The van der Waals surface area contributed by atoms with Crippen LogP contribution in [-0.4, -0.2) is 26.8 Å². The Kier molecular flexibility index (Phi) is 5.90. The van der Waals surface area contributed by atoms with E-state index in [2.05, 4.69) is 20.7 Å². The minimum Gasteiger partial charge on any atom is -0.363 e. The van der Waals surface area contributed by atoms with Gasteiger partial charge in [0.05, 0.1) is 24.5 Å². The number of hydrogen-bond donors (Lipinski definition) is 2. The predicted molar refractivity (Wildman–Crippen MR) is 114 cm³/mol. The van der Waals surface area contributed by atoms with Crippen molar-refractivity contribution in [2.75, 3.05) is 5.32 Å². The number of anilines is 1. The van der Waals surface area contributed by atoms with Gasteiger partial charge in [0.2, 0.25) is 0 Å². The second-order valence-corrected chi connectivity index (χ2v) is 7.94. The number of aryl methyl sites for hydroxylation is 2. The van der Waals surface area contributed by atoms with Crippen molar-refractivity contribution in [1.82, 2.24) is 20.1 Å². The van der Waals surface area contributed by atoms with E-state index in [-0.39, 0.29) is 24.3 Å². The smallest absolute Gasteiger partial charge is 0.363 e. The molecule has 3 heterocycles.